The first kappa shape index (κ1) is 23.7. The highest BCUT2D eigenvalue weighted by Gasteiger charge is 2.06. The number of hydrogen-bond donors (Lipinski definition) is 2. The first-order valence-corrected chi connectivity index (χ1v) is 11.7. The van der Waals surface area contributed by atoms with E-state index in [0.717, 1.165) is 25.9 Å². The number of thioether (sulfide) groups is 2. The molecule has 0 bridgehead atoms. The second-order valence-corrected chi connectivity index (χ2v) is 8.07. The molecule has 6 nitrogen and oxygen atoms in total. The lowest BCUT2D eigenvalue weighted by Crippen LogP contribution is -2.09. The quantitative estimate of drug-likeness (QED) is 0.538. The van der Waals surface area contributed by atoms with Crippen molar-refractivity contribution < 1.29 is 19.8 Å². The molecule has 0 amide bonds. The Balaban J connectivity index is 0.000000171. The lowest BCUT2D eigenvalue weighted by Gasteiger charge is -2.10. The van der Waals surface area contributed by atoms with Gasteiger partial charge in [-0.2, -0.15) is 0 Å². The molecule has 0 spiro atoms. The Morgan fingerprint density at radius 1 is 0.767 bits per heavy atom. The number of benzene rings is 2. The summed E-state index contributed by atoms with van der Waals surface area (Å²) in [5, 5.41) is 14.8. The van der Waals surface area contributed by atoms with Gasteiger partial charge < -0.3 is 10.2 Å². The summed E-state index contributed by atoms with van der Waals surface area (Å²) in [6.07, 6.45) is 10.4. The van der Waals surface area contributed by atoms with E-state index in [9.17, 15) is 0 Å². The molecule has 0 fully saturated rings. The van der Waals surface area contributed by atoms with Crippen LogP contribution in [0.1, 0.15) is 22.3 Å². The molecule has 0 aliphatic carbocycles. The number of nitrogens with zero attached hydrogens (tertiary/aromatic N) is 2. The van der Waals surface area contributed by atoms with Crippen molar-refractivity contribution in [2.75, 3.05) is 25.6 Å². The summed E-state index contributed by atoms with van der Waals surface area (Å²) in [6.45, 7) is 1.90. The first-order chi connectivity index (χ1) is 14.4. The van der Waals surface area contributed by atoms with Crippen LogP contribution in [0.2, 0.25) is 0 Å². The van der Waals surface area contributed by atoms with Crippen molar-refractivity contribution in [3.8, 4) is 0 Å². The highest BCUT2D eigenvalue weighted by Crippen LogP contribution is 2.21. The van der Waals surface area contributed by atoms with Gasteiger partial charge in [0.25, 0.3) is 0 Å². The SMILES string of the molecule is CSc1ccc2c(c1)CCN=C2.CSc1ccc2c(c1)CCN=C2.O=C(O)C(=O)O. The number of aliphatic imine (C=N–C) groups is 2. The summed E-state index contributed by atoms with van der Waals surface area (Å²) in [4.78, 5) is 29.4. The minimum Gasteiger partial charge on any atom is -0.473 e. The molecule has 0 unspecified atom stereocenters. The largest absolute Gasteiger partial charge is 0.473 e. The van der Waals surface area contributed by atoms with Crippen LogP contribution in [0, 0.1) is 0 Å². The topological polar surface area (TPSA) is 99.3 Å². The second kappa shape index (κ2) is 12.2. The smallest absolute Gasteiger partial charge is 0.414 e. The minimum atomic E-state index is -1.82. The van der Waals surface area contributed by atoms with Crippen molar-refractivity contribution in [2.24, 2.45) is 9.98 Å². The number of hydrogen-bond acceptors (Lipinski definition) is 6. The van der Waals surface area contributed by atoms with Gasteiger partial charge in [0.15, 0.2) is 0 Å². The number of carbonyl (C=O) groups is 2. The van der Waals surface area contributed by atoms with E-state index in [-0.39, 0.29) is 0 Å². The molecule has 2 heterocycles. The van der Waals surface area contributed by atoms with E-state index in [1.54, 1.807) is 23.5 Å². The summed E-state index contributed by atoms with van der Waals surface area (Å²) in [5.74, 6) is -3.65. The Hall–Kier alpha value is -2.58. The molecule has 2 aliphatic rings. The summed E-state index contributed by atoms with van der Waals surface area (Å²) in [5.41, 5.74) is 5.46. The predicted octanol–water partition coefficient (Wildman–Crippen LogP) is 3.92. The van der Waals surface area contributed by atoms with E-state index in [4.69, 9.17) is 19.8 Å². The number of aliphatic carboxylic acids is 2. The summed E-state index contributed by atoms with van der Waals surface area (Å²) in [6, 6.07) is 13.2. The minimum absolute atomic E-state index is 0.949. The number of carboxylic acid groups (broad SMARTS) is 2. The third-order valence-corrected chi connectivity index (χ3v) is 5.82. The molecule has 30 heavy (non-hydrogen) atoms. The maximum Gasteiger partial charge on any atom is 0.414 e. The van der Waals surface area contributed by atoms with Gasteiger partial charge in [-0.15, -0.1) is 23.5 Å². The maximum atomic E-state index is 9.10. The van der Waals surface area contributed by atoms with Crippen molar-refractivity contribution in [3.63, 3.8) is 0 Å². The van der Waals surface area contributed by atoms with Crippen LogP contribution in [0.3, 0.4) is 0 Å². The zero-order valence-electron chi connectivity index (χ0n) is 16.9. The molecular weight excluding hydrogens is 420 g/mol. The summed E-state index contributed by atoms with van der Waals surface area (Å²) < 4.78 is 0. The van der Waals surface area contributed by atoms with Crippen molar-refractivity contribution in [1.29, 1.82) is 0 Å². The molecule has 0 aromatic heterocycles. The fourth-order valence-corrected chi connectivity index (χ4v) is 3.73. The molecule has 4 rings (SSSR count). The van der Waals surface area contributed by atoms with E-state index in [1.807, 2.05) is 12.4 Å². The molecular formula is C22H24N2O4S2. The standard InChI is InChI=1S/2C10H11NS.C2H2O4/c2*1-12-10-3-2-9-7-11-5-4-8(9)6-10;3-1(4)2(5)6/h2*2-3,6-7H,4-5H2,1H3;(H,3,4)(H,5,6). The van der Waals surface area contributed by atoms with Gasteiger partial charge in [0.2, 0.25) is 0 Å². The van der Waals surface area contributed by atoms with Crippen molar-refractivity contribution >= 4 is 47.9 Å². The van der Waals surface area contributed by atoms with E-state index in [0.29, 0.717) is 0 Å². The van der Waals surface area contributed by atoms with Gasteiger partial charge in [-0.1, -0.05) is 12.1 Å². The summed E-state index contributed by atoms with van der Waals surface area (Å²) in [7, 11) is 0. The van der Waals surface area contributed by atoms with Crippen molar-refractivity contribution in [3.05, 3.63) is 58.7 Å². The highest BCUT2D eigenvalue weighted by atomic mass is 32.2. The molecule has 0 atom stereocenters. The average Bonchev–Trinajstić information content (AvgIpc) is 2.79. The van der Waals surface area contributed by atoms with Crippen LogP contribution in [0.25, 0.3) is 0 Å². The Bertz CT molecular complexity index is 881. The number of rotatable bonds is 2. The van der Waals surface area contributed by atoms with Crippen molar-refractivity contribution in [2.45, 2.75) is 22.6 Å². The van der Waals surface area contributed by atoms with Gasteiger partial charge in [0, 0.05) is 35.3 Å². The zero-order chi connectivity index (χ0) is 21.9. The fraction of sp³-hybridized carbons (Fsp3) is 0.273. The Morgan fingerprint density at radius 3 is 1.50 bits per heavy atom. The highest BCUT2D eigenvalue weighted by molar-refractivity contribution is 7.98. The normalized spacial score (nSPS) is 13.0. The molecule has 2 aromatic carbocycles. The molecule has 0 saturated carbocycles. The molecule has 8 heteroatoms. The lowest BCUT2D eigenvalue weighted by atomic mass is 10.0. The number of fused-ring (bicyclic) bond motifs is 2. The van der Waals surface area contributed by atoms with Gasteiger partial charge in [0.1, 0.15) is 0 Å². The second-order valence-electron chi connectivity index (χ2n) is 6.31. The van der Waals surface area contributed by atoms with Crippen molar-refractivity contribution in [1.82, 2.24) is 0 Å². The third-order valence-electron chi connectivity index (χ3n) is 4.36. The predicted molar refractivity (Wildman–Crippen MR) is 124 cm³/mol. The van der Waals surface area contributed by atoms with Crippen LogP contribution in [-0.4, -0.2) is 60.2 Å². The van der Waals surface area contributed by atoms with E-state index >= 15 is 0 Å². The first-order valence-electron chi connectivity index (χ1n) is 9.24. The van der Waals surface area contributed by atoms with E-state index < -0.39 is 11.9 Å². The molecule has 158 valence electrons. The Morgan fingerprint density at radius 2 is 1.17 bits per heavy atom. The van der Waals surface area contributed by atoms with Gasteiger partial charge in [0.05, 0.1) is 0 Å². The molecule has 0 saturated heterocycles. The fourth-order valence-electron chi connectivity index (χ4n) is 2.80. The maximum absolute atomic E-state index is 9.10. The molecule has 2 N–H and O–H groups in total. The van der Waals surface area contributed by atoms with Crippen LogP contribution in [-0.2, 0) is 22.4 Å². The Labute approximate surface area is 184 Å². The van der Waals surface area contributed by atoms with Gasteiger partial charge in [-0.3, -0.25) is 9.98 Å². The summed E-state index contributed by atoms with van der Waals surface area (Å²) >= 11 is 3.59. The van der Waals surface area contributed by atoms with Crippen LogP contribution < -0.4 is 0 Å². The molecule has 0 radical (unpaired) electrons. The van der Waals surface area contributed by atoms with E-state index in [2.05, 4.69) is 58.9 Å². The van der Waals surface area contributed by atoms with Gasteiger partial charge in [-0.05, 0) is 71.9 Å². The van der Waals surface area contributed by atoms with Crippen LogP contribution >= 0.6 is 23.5 Å². The zero-order valence-corrected chi connectivity index (χ0v) is 18.5. The van der Waals surface area contributed by atoms with Gasteiger partial charge in [-0.25, -0.2) is 9.59 Å². The van der Waals surface area contributed by atoms with Crippen LogP contribution in [0.4, 0.5) is 0 Å². The van der Waals surface area contributed by atoms with Gasteiger partial charge >= 0.3 is 11.9 Å². The van der Waals surface area contributed by atoms with Crippen LogP contribution in [0.15, 0.2) is 56.2 Å². The number of carboxylic acids is 2. The van der Waals surface area contributed by atoms with E-state index in [1.165, 1.54) is 32.0 Å². The third kappa shape index (κ3) is 7.35. The molecule has 2 aromatic rings. The monoisotopic (exact) mass is 444 g/mol. The molecule has 2 aliphatic heterocycles. The van der Waals surface area contributed by atoms with Crippen LogP contribution in [0.5, 0.6) is 0 Å². The Kier molecular flexibility index (Phi) is 9.63. The lowest BCUT2D eigenvalue weighted by molar-refractivity contribution is -0.159. The average molecular weight is 445 g/mol.